The molecular formula is C12H19N2O3. The van der Waals surface area contributed by atoms with Crippen molar-refractivity contribution in [2.45, 2.75) is 25.4 Å². The molecule has 2 fully saturated rings. The second-order valence-electron chi connectivity index (χ2n) is 4.90. The summed E-state index contributed by atoms with van der Waals surface area (Å²) in [6, 6.07) is 0. The number of aliphatic hydroxyl groups excluding tert-OH is 1. The zero-order valence-electron chi connectivity index (χ0n) is 9.97. The van der Waals surface area contributed by atoms with E-state index in [1.54, 1.807) is 4.90 Å². The second kappa shape index (κ2) is 5.60. The number of β-amino-alcohol motifs (C(OH)–C–C–N with tert-alkyl or cyclic N) is 1. The normalized spacial score (nSPS) is 27.4. The SMILES string of the molecule is O=[C]C(CN1CCCC1)C(=O)N1CCC(O)C1. The molecule has 5 nitrogen and oxygen atoms in total. The Bertz CT molecular complexity index is 289. The van der Waals surface area contributed by atoms with E-state index in [4.69, 9.17) is 0 Å². The molecule has 2 aliphatic rings. The Morgan fingerprint density at radius 3 is 2.59 bits per heavy atom. The van der Waals surface area contributed by atoms with Crippen LogP contribution in [0, 0.1) is 5.92 Å². The molecule has 2 unspecified atom stereocenters. The lowest BCUT2D eigenvalue weighted by Gasteiger charge is -2.23. The number of amides is 1. The van der Waals surface area contributed by atoms with Crippen molar-refractivity contribution in [1.82, 2.24) is 9.80 Å². The first kappa shape index (κ1) is 12.5. The lowest BCUT2D eigenvalue weighted by atomic mass is 10.1. The third kappa shape index (κ3) is 3.04. The highest BCUT2D eigenvalue weighted by Crippen LogP contribution is 2.15. The van der Waals surface area contributed by atoms with Gasteiger partial charge in [-0.3, -0.25) is 9.59 Å². The highest BCUT2D eigenvalue weighted by molar-refractivity contribution is 5.92. The van der Waals surface area contributed by atoms with E-state index < -0.39 is 12.0 Å². The van der Waals surface area contributed by atoms with Crippen molar-refractivity contribution in [2.24, 2.45) is 5.92 Å². The molecule has 2 heterocycles. The second-order valence-corrected chi connectivity index (χ2v) is 4.90. The van der Waals surface area contributed by atoms with Gasteiger partial charge in [0.2, 0.25) is 12.2 Å². The number of hydrogen-bond acceptors (Lipinski definition) is 4. The summed E-state index contributed by atoms with van der Waals surface area (Å²) in [7, 11) is 0. The number of carbonyl (C=O) groups is 1. The van der Waals surface area contributed by atoms with Gasteiger partial charge >= 0.3 is 0 Å². The summed E-state index contributed by atoms with van der Waals surface area (Å²) in [6.45, 7) is 3.33. The predicted octanol–water partition coefficient (Wildman–Crippen LogP) is -0.599. The maximum atomic E-state index is 12.0. The fourth-order valence-corrected chi connectivity index (χ4v) is 2.55. The predicted molar refractivity (Wildman–Crippen MR) is 62.1 cm³/mol. The van der Waals surface area contributed by atoms with Crippen LogP contribution >= 0.6 is 0 Å². The zero-order chi connectivity index (χ0) is 12.3. The van der Waals surface area contributed by atoms with E-state index in [2.05, 4.69) is 4.90 Å². The van der Waals surface area contributed by atoms with Crippen LogP contribution < -0.4 is 0 Å². The molecule has 0 spiro atoms. The minimum atomic E-state index is -0.682. The molecule has 17 heavy (non-hydrogen) atoms. The molecule has 2 aliphatic heterocycles. The number of carbonyl (C=O) groups excluding carboxylic acids is 2. The van der Waals surface area contributed by atoms with Crippen molar-refractivity contribution in [3.05, 3.63) is 0 Å². The summed E-state index contributed by atoms with van der Waals surface area (Å²) >= 11 is 0. The lowest BCUT2D eigenvalue weighted by molar-refractivity contribution is -0.133. The number of hydrogen-bond donors (Lipinski definition) is 1. The molecule has 2 rings (SSSR count). The molecule has 0 aromatic rings. The Labute approximate surface area is 101 Å². The van der Waals surface area contributed by atoms with Crippen LogP contribution in [-0.4, -0.2) is 65.9 Å². The van der Waals surface area contributed by atoms with Crippen LogP contribution in [-0.2, 0) is 9.59 Å². The van der Waals surface area contributed by atoms with Gasteiger partial charge in [-0.05, 0) is 32.4 Å². The molecule has 0 aromatic heterocycles. The van der Waals surface area contributed by atoms with Gasteiger partial charge in [-0.25, -0.2) is 0 Å². The molecule has 0 bridgehead atoms. The van der Waals surface area contributed by atoms with E-state index in [0.29, 0.717) is 26.1 Å². The Morgan fingerprint density at radius 1 is 1.35 bits per heavy atom. The first-order valence-electron chi connectivity index (χ1n) is 6.27. The van der Waals surface area contributed by atoms with Crippen molar-refractivity contribution >= 4 is 12.2 Å². The number of likely N-dealkylation sites (tertiary alicyclic amines) is 2. The van der Waals surface area contributed by atoms with E-state index in [-0.39, 0.29) is 5.91 Å². The first-order valence-corrected chi connectivity index (χ1v) is 6.27. The molecule has 5 heteroatoms. The van der Waals surface area contributed by atoms with Crippen LogP contribution in [0.3, 0.4) is 0 Å². The number of aliphatic hydroxyl groups is 1. The average molecular weight is 239 g/mol. The van der Waals surface area contributed by atoms with Gasteiger partial charge in [0.25, 0.3) is 0 Å². The minimum Gasteiger partial charge on any atom is -0.391 e. The monoisotopic (exact) mass is 239 g/mol. The van der Waals surface area contributed by atoms with Gasteiger partial charge in [0.1, 0.15) is 5.92 Å². The van der Waals surface area contributed by atoms with Crippen LogP contribution in [0.4, 0.5) is 0 Å². The van der Waals surface area contributed by atoms with E-state index >= 15 is 0 Å². The maximum absolute atomic E-state index is 12.0. The molecule has 2 atom stereocenters. The summed E-state index contributed by atoms with van der Waals surface area (Å²) < 4.78 is 0. The van der Waals surface area contributed by atoms with Crippen molar-refractivity contribution in [1.29, 1.82) is 0 Å². The fourth-order valence-electron chi connectivity index (χ4n) is 2.55. The van der Waals surface area contributed by atoms with Gasteiger partial charge in [-0.1, -0.05) is 0 Å². The van der Waals surface area contributed by atoms with Crippen molar-refractivity contribution < 1.29 is 14.7 Å². The quantitative estimate of drug-likeness (QED) is 0.666. The summed E-state index contributed by atoms with van der Waals surface area (Å²) in [6.07, 6.45) is 4.32. The lowest BCUT2D eigenvalue weighted by Crippen LogP contribution is -2.41. The summed E-state index contributed by atoms with van der Waals surface area (Å²) in [5, 5.41) is 9.38. The average Bonchev–Trinajstić information content (AvgIpc) is 2.96. The van der Waals surface area contributed by atoms with Gasteiger partial charge in [-0.2, -0.15) is 0 Å². The van der Waals surface area contributed by atoms with E-state index in [1.165, 1.54) is 0 Å². The molecule has 2 saturated heterocycles. The molecule has 0 saturated carbocycles. The van der Waals surface area contributed by atoms with Gasteiger partial charge in [0, 0.05) is 19.6 Å². The first-order chi connectivity index (χ1) is 8.20. The van der Waals surface area contributed by atoms with Gasteiger partial charge < -0.3 is 14.9 Å². The summed E-state index contributed by atoms with van der Waals surface area (Å²) in [5.74, 6) is -0.859. The molecule has 0 aromatic carbocycles. The van der Waals surface area contributed by atoms with Crippen LogP contribution in [0.2, 0.25) is 0 Å². The highest BCUT2D eigenvalue weighted by Gasteiger charge is 2.31. The molecule has 1 N–H and O–H groups in total. The van der Waals surface area contributed by atoms with Crippen LogP contribution in [0.1, 0.15) is 19.3 Å². The summed E-state index contributed by atoms with van der Waals surface area (Å²) in [4.78, 5) is 26.7. The van der Waals surface area contributed by atoms with Gasteiger partial charge in [-0.15, -0.1) is 0 Å². The Morgan fingerprint density at radius 2 is 2.06 bits per heavy atom. The molecule has 0 aliphatic carbocycles. The maximum Gasteiger partial charge on any atom is 0.235 e. The Kier molecular flexibility index (Phi) is 4.12. The Hall–Kier alpha value is -0.940. The molecular weight excluding hydrogens is 220 g/mol. The van der Waals surface area contributed by atoms with Crippen molar-refractivity contribution in [3.63, 3.8) is 0 Å². The standard InChI is InChI=1S/C12H19N2O3/c15-9-10(7-13-4-1-2-5-13)12(17)14-6-3-11(16)8-14/h10-11,16H,1-8H2. The van der Waals surface area contributed by atoms with Crippen molar-refractivity contribution in [2.75, 3.05) is 32.7 Å². The largest absolute Gasteiger partial charge is 0.391 e. The topological polar surface area (TPSA) is 60.9 Å². The van der Waals surface area contributed by atoms with Crippen LogP contribution in [0.25, 0.3) is 0 Å². The number of nitrogens with zero attached hydrogens (tertiary/aromatic N) is 2. The minimum absolute atomic E-state index is 0.177. The van der Waals surface area contributed by atoms with Crippen LogP contribution in [0.15, 0.2) is 0 Å². The molecule has 1 radical (unpaired) electrons. The highest BCUT2D eigenvalue weighted by atomic mass is 16.3. The third-order valence-corrected chi connectivity index (χ3v) is 3.55. The zero-order valence-corrected chi connectivity index (χ0v) is 9.97. The van der Waals surface area contributed by atoms with Crippen LogP contribution in [0.5, 0.6) is 0 Å². The number of rotatable bonds is 4. The van der Waals surface area contributed by atoms with E-state index in [9.17, 15) is 14.7 Å². The Balaban J connectivity index is 1.88. The fraction of sp³-hybridized carbons (Fsp3) is 0.833. The van der Waals surface area contributed by atoms with E-state index in [1.807, 2.05) is 6.29 Å². The van der Waals surface area contributed by atoms with E-state index in [0.717, 1.165) is 25.9 Å². The molecule has 95 valence electrons. The van der Waals surface area contributed by atoms with Gasteiger partial charge in [0.05, 0.1) is 6.10 Å². The van der Waals surface area contributed by atoms with Crippen molar-refractivity contribution in [3.8, 4) is 0 Å². The molecule has 1 amide bonds. The smallest absolute Gasteiger partial charge is 0.235 e. The third-order valence-electron chi connectivity index (χ3n) is 3.55. The summed E-state index contributed by atoms with van der Waals surface area (Å²) in [5.41, 5.74) is 0. The van der Waals surface area contributed by atoms with Gasteiger partial charge in [0.15, 0.2) is 0 Å².